The van der Waals surface area contributed by atoms with Gasteiger partial charge in [-0.15, -0.1) is 11.3 Å². The van der Waals surface area contributed by atoms with Gasteiger partial charge in [0.1, 0.15) is 5.75 Å². The van der Waals surface area contributed by atoms with Crippen LogP contribution in [0.5, 0.6) is 5.75 Å². The van der Waals surface area contributed by atoms with Crippen LogP contribution in [0.2, 0.25) is 0 Å². The maximum absolute atomic E-state index is 13.0. The Morgan fingerprint density at radius 3 is 2.41 bits per heavy atom. The van der Waals surface area contributed by atoms with Gasteiger partial charge in [-0.3, -0.25) is 9.59 Å². The first-order chi connectivity index (χ1) is 23.6. The van der Waals surface area contributed by atoms with Crippen LogP contribution in [0.3, 0.4) is 0 Å². The summed E-state index contributed by atoms with van der Waals surface area (Å²) in [7, 11) is 0. The first-order valence-electron chi connectivity index (χ1n) is 15.4. The molecule has 2 unspecified atom stereocenters. The number of fused-ring (bicyclic) bond motifs is 1. The molecule has 0 saturated heterocycles. The topological polar surface area (TPSA) is 172 Å². The number of aromatic nitrogens is 1. The van der Waals surface area contributed by atoms with Crippen molar-refractivity contribution in [3.8, 4) is 16.2 Å². The fourth-order valence-corrected chi connectivity index (χ4v) is 6.67. The maximum atomic E-state index is 13.0. The molecule has 2 aromatic heterocycles. The normalized spacial score (nSPS) is 13.1. The molecule has 0 fully saturated rings. The molecule has 2 atom stereocenters. The molecule has 49 heavy (non-hydrogen) atoms. The number of phenols is 1. The van der Waals surface area contributed by atoms with E-state index < -0.39 is 17.7 Å². The second kappa shape index (κ2) is 14.3. The number of aliphatic hydroxyl groups is 2. The molecule has 2 heterocycles. The van der Waals surface area contributed by atoms with Crippen molar-refractivity contribution in [3.05, 3.63) is 158 Å². The molecular formula is C38H33N3O7S. The highest BCUT2D eigenvalue weighted by atomic mass is 32.1. The minimum atomic E-state index is -2.21. The van der Waals surface area contributed by atoms with Crippen LogP contribution in [-0.2, 0) is 23.5 Å². The van der Waals surface area contributed by atoms with Crippen molar-refractivity contribution >= 4 is 34.1 Å². The number of rotatable bonds is 12. The molecule has 0 aliphatic carbocycles. The third-order valence-corrected chi connectivity index (χ3v) is 9.41. The molecule has 11 heteroatoms. The summed E-state index contributed by atoms with van der Waals surface area (Å²) in [6.07, 6.45) is -0.911. The van der Waals surface area contributed by atoms with E-state index in [1.165, 1.54) is 23.5 Å². The molecule has 0 spiro atoms. The van der Waals surface area contributed by atoms with E-state index in [1.807, 2.05) is 24.3 Å². The minimum Gasteiger partial charge on any atom is -0.506 e. The number of pyridine rings is 1. The Morgan fingerprint density at radius 1 is 0.837 bits per heavy atom. The fraction of sp³-hybridized carbons (Fsp3) is 0.132. The number of benzene rings is 4. The second-order valence-electron chi connectivity index (χ2n) is 11.5. The lowest BCUT2D eigenvalue weighted by Gasteiger charge is -2.25. The molecule has 6 aromatic rings. The maximum Gasteiger partial charge on any atom is 0.345 e. The van der Waals surface area contributed by atoms with Gasteiger partial charge in [0.25, 0.3) is 5.91 Å². The number of hydrogen-bond donors (Lipinski definition) is 7. The summed E-state index contributed by atoms with van der Waals surface area (Å²) in [5.41, 5.74) is 0.827. The Hall–Kier alpha value is -5.59. The molecule has 0 saturated carbocycles. The van der Waals surface area contributed by atoms with Gasteiger partial charge in [0, 0.05) is 45.4 Å². The quantitative estimate of drug-likeness (QED) is 0.0946. The Balaban J connectivity index is 1.06. The Bertz CT molecular complexity index is 2200. The molecule has 0 bridgehead atoms. The van der Waals surface area contributed by atoms with Gasteiger partial charge in [-0.25, -0.2) is 4.79 Å². The minimum absolute atomic E-state index is 0.0771. The van der Waals surface area contributed by atoms with Crippen LogP contribution in [0.25, 0.3) is 21.3 Å². The number of aromatic hydroxyl groups is 1. The number of carboxylic acids is 1. The highest BCUT2D eigenvalue weighted by Gasteiger charge is 2.40. The molecule has 4 aromatic carbocycles. The van der Waals surface area contributed by atoms with Gasteiger partial charge < -0.3 is 36.0 Å². The average molecular weight is 676 g/mol. The smallest absolute Gasteiger partial charge is 0.345 e. The van der Waals surface area contributed by atoms with Crippen molar-refractivity contribution in [2.45, 2.75) is 24.8 Å². The van der Waals surface area contributed by atoms with Crippen LogP contribution >= 0.6 is 11.3 Å². The van der Waals surface area contributed by atoms with E-state index >= 15 is 0 Å². The zero-order valence-corrected chi connectivity index (χ0v) is 26.9. The Kier molecular flexibility index (Phi) is 9.70. The molecular weight excluding hydrogens is 642 g/mol. The van der Waals surface area contributed by atoms with Crippen LogP contribution in [0.15, 0.2) is 120 Å². The number of phenolic OH excluding ortho intramolecular Hbond substituents is 1. The van der Waals surface area contributed by atoms with Crippen LogP contribution in [0, 0.1) is 0 Å². The first kappa shape index (κ1) is 33.3. The average Bonchev–Trinajstić information content (AvgIpc) is 3.60. The monoisotopic (exact) mass is 675 g/mol. The number of carboxylic acid groups (broad SMARTS) is 1. The van der Waals surface area contributed by atoms with E-state index in [9.17, 15) is 34.8 Å². The number of hydrogen-bond acceptors (Lipinski definition) is 8. The SMILES string of the molecule is O=C(NCc1ccc(-c2cccc(C(O)(C(=O)O)c3ccccc3)c2)s1)c1cccc(CNCC(O)c2ccc(O)c3[nH]c(=O)ccc23)c1. The van der Waals surface area contributed by atoms with E-state index in [1.54, 1.807) is 78.9 Å². The highest BCUT2D eigenvalue weighted by Crippen LogP contribution is 2.35. The van der Waals surface area contributed by atoms with Gasteiger partial charge in [-0.1, -0.05) is 66.7 Å². The number of nitrogens with one attached hydrogen (secondary N) is 3. The van der Waals surface area contributed by atoms with Gasteiger partial charge in [-0.05, 0) is 64.7 Å². The zero-order chi connectivity index (χ0) is 34.5. The summed E-state index contributed by atoms with van der Waals surface area (Å²) in [6, 6.07) is 32.0. The number of carbonyl (C=O) groups is 2. The second-order valence-corrected chi connectivity index (χ2v) is 12.7. The summed E-state index contributed by atoms with van der Waals surface area (Å²) in [6.45, 7) is 0.868. The van der Waals surface area contributed by atoms with E-state index in [-0.39, 0.29) is 46.9 Å². The summed E-state index contributed by atoms with van der Waals surface area (Å²) in [5.74, 6) is -1.70. The van der Waals surface area contributed by atoms with Gasteiger partial charge in [0.05, 0.1) is 18.2 Å². The van der Waals surface area contributed by atoms with Crippen molar-refractivity contribution in [1.82, 2.24) is 15.6 Å². The van der Waals surface area contributed by atoms with E-state index in [4.69, 9.17) is 0 Å². The summed E-state index contributed by atoms with van der Waals surface area (Å²) >= 11 is 1.45. The number of aliphatic carboxylic acids is 1. The van der Waals surface area contributed by atoms with E-state index in [0.717, 1.165) is 20.9 Å². The third-order valence-electron chi connectivity index (χ3n) is 8.27. The van der Waals surface area contributed by atoms with Crippen molar-refractivity contribution in [3.63, 3.8) is 0 Å². The number of carbonyl (C=O) groups excluding carboxylic acids is 1. The molecule has 0 aliphatic rings. The standard InChI is InChI=1S/C38H33N3O7S/c42-31-15-13-29(30-14-17-34(44)41-35(30)31)32(43)22-39-20-23-6-4-8-25(18-23)36(45)40-21-28-12-16-33(49-28)24-7-5-11-27(19-24)38(48,37(46)47)26-9-2-1-3-10-26/h1-19,32,39,42-43,48H,20-22H2,(H,40,45)(H,41,44)(H,46,47). The van der Waals surface area contributed by atoms with Crippen molar-refractivity contribution < 1.29 is 30.0 Å². The summed E-state index contributed by atoms with van der Waals surface area (Å²) < 4.78 is 0. The largest absolute Gasteiger partial charge is 0.506 e. The van der Waals surface area contributed by atoms with E-state index in [0.29, 0.717) is 23.1 Å². The number of amides is 1. The van der Waals surface area contributed by atoms with Gasteiger partial charge >= 0.3 is 5.97 Å². The molecule has 10 nitrogen and oxygen atoms in total. The lowest BCUT2D eigenvalue weighted by Crippen LogP contribution is -2.36. The number of aromatic amines is 1. The van der Waals surface area contributed by atoms with Gasteiger partial charge in [0.2, 0.25) is 11.2 Å². The van der Waals surface area contributed by atoms with Gasteiger partial charge in [-0.2, -0.15) is 0 Å². The summed E-state index contributed by atoms with van der Waals surface area (Å²) in [5, 5.41) is 48.9. The predicted molar refractivity (Wildman–Crippen MR) is 187 cm³/mol. The predicted octanol–water partition coefficient (Wildman–Crippen LogP) is 5.04. The lowest BCUT2D eigenvalue weighted by atomic mass is 9.85. The van der Waals surface area contributed by atoms with Crippen molar-refractivity contribution in [2.75, 3.05) is 6.54 Å². The summed E-state index contributed by atoms with van der Waals surface area (Å²) in [4.78, 5) is 41.3. The first-order valence-corrected chi connectivity index (χ1v) is 16.3. The molecule has 0 radical (unpaired) electrons. The van der Waals surface area contributed by atoms with Crippen LogP contribution in [-0.4, -0.2) is 43.8 Å². The molecule has 7 N–H and O–H groups in total. The Labute approximate surface area is 285 Å². The van der Waals surface area contributed by atoms with Crippen LogP contribution in [0.4, 0.5) is 0 Å². The zero-order valence-electron chi connectivity index (χ0n) is 26.1. The van der Waals surface area contributed by atoms with Crippen LogP contribution < -0.4 is 16.2 Å². The molecule has 0 aliphatic heterocycles. The van der Waals surface area contributed by atoms with Crippen molar-refractivity contribution in [1.29, 1.82) is 0 Å². The van der Waals surface area contributed by atoms with E-state index in [2.05, 4.69) is 15.6 Å². The van der Waals surface area contributed by atoms with Gasteiger partial charge in [0.15, 0.2) is 0 Å². The number of H-pyrrole nitrogens is 1. The molecule has 248 valence electrons. The highest BCUT2D eigenvalue weighted by molar-refractivity contribution is 7.15. The molecule has 1 amide bonds. The Morgan fingerprint density at radius 2 is 1.61 bits per heavy atom. The van der Waals surface area contributed by atoms with Crippen molar-refractivity contribution in [2.24, 2.45) is 0 Å². The van der Waals surface area contributed by atoms with Crippen LogP contribution in [0.1, 0.15) is 43.6 Å². The fourth-order valence-electron chi connectivity index (χ4n) is 5.72. The number of thiophene rings is 1. The third kappa shape index (κ3) is 7.15. The molecule has 6 rings (SSSR count). The number of aliphatic hydroxyl groups excluding tert-OH is 1. The lowest BCUT2D eigenvalue weighted by molar-refractivity contribution is -0.155.